The van der Waals surface area contributed by atoms with E-state index in [1.807, 2.05) is 24.3 Å². The van der Waals surface area contributed by atoms with Gasteiger partial charge < -0.3 is 10.3 Å². The lowest BCUT2D eigenvalue weighted by Crippen LogP contribution is -2.37. The minimum atomic E-state index is -0.220. The van der Waals surface area contributed by atoms with Crippen molar-refractivity contribution in [2.24, 2.45) is 0 Å². The number of carbonyl (C=O) groups excluding carboxylic acids is 1. The van der Waals surface area contributed by atoms with Crippen molar-refractivity contribution in [3.05, 3.63) is 61.5 Å². The second-order valence-electron chi connectivity index (χ2n) is 8.21. The second-order valence-corrected chi connectivity index (χ2v) is 10.7. The van der Waals surface area contributed by atoms with Crippen molar-refractivity contribution < 1.29 is 4.79 Å². The van der Waals surface area contributed by atoms with Gasteiger partial charge in [0.05, 0.1) is 16.9 Å². The van der Waals surface area contributed by atoms with Crippen LogP contribution in [0.5, 0.6) is 0 Å². The fourth-order valence-corrected chi connectivity index (χ4v) is 5.93. The molecule has 0 radical (unpaired) electrons. The third-order valence-corrected chi connectivity index (χ3v) is 7.79. The van der Waals surface area contributed by atoms with E-state index in [1.165, 1.54) is 22.2 Å². The second kappa shape index (κ2) is 8.73. The summed E-state index contributed by atoms with van der Waals surface area (Å²) in [4.78, 5) is 34.5. The number of nitrogens with one attached hydrogen (secondary N) is 2. The average Bonchev–Trinajstić information content (AvgIpc) is 3.27. The molecule has 2 N–H and O–H groups in total. The topological polar surface area (TPSA) is 74.8 Å². The van der Waals surface area contributed by atoms with E-state index in [0.717, 1.165) is 35.0 Å². The first-order chi connectivity index (χ1) is 14.3. The van der Waals surface area contributed by atoms with Crippen LogP contribution in [-0.2, 0) is 28.8 Å². The van der Waals surface area contributed by atoms with Gasteiger partial charge in [0.25, 0.3) is 5.56 Å². The fraction of sp³-hybridized carbons (Fsp3) is 0.409. The molecule has 0 aliphatic heterocycles. The molecule has 0 saturated heterocycles. The highest BCUT2D eigenvalue weighted by Gasteiger charge is 2.22. The summed E-state index contributed by atoms with van der Waals surface area (Å²) in [6.45, 7) is 4.68. The molecule has 3 aromatic rings. The van der Waals surface area contributed by atoms with Crippen LogP contribution in [0.4, 0.5) is 0 Å². The van der Waals surface area contributed by atoms with Gasteiger partial charge in [-0.1, -0.05) is 37.6 Å². The van der Waals surface area contributed by atoms with E-state index in [9.17, 15) is 9.59 Å². The summed E-state index contributed by atoms with van der Waals surface area (Å²) >= 11 is 9.17. The van der Waals surface area contributed by atoms with Crippen molar-refractivity contribution in [2.75, 3.05) is 12.3 Å². The van der Waals surface area contributed by atoms with E-state index in [4.69, 9.17) is 11.6 Å². The number of amides is 1. The SMILES string of the molecule is CC(C)(CNC(=O)CSCc1nc2sc3c(c2c(=O)[nH]1)CCC3)c1cccc(Cl)c1. The van der Waals surface area contributed by atoms with Crippen LogP contribution in [0.15, 0.2) is 29.1 Å². The Balaban J connectivity index is 1.31. The van der Waals surface area contributed by atoms with Gasteiger partial charge >= 0.3 is 0 Å². The smallest absolute Gasteiger partial charge is 0.259 e. The van der Waals surface area contributed by atoms with Gasteiger partial charge in [-0.25, -0.2) is 4.98 Å². The first-order valence-electron chi connectivity index (χ1n) is 9.97. The van der Waals surface area contributed by atoms with Crippen molar-refractivity contribution in [1.29, 1.82) is 0 Å². The number of nitrogens with zero attached hydrogens (tertiary/aromatic N) is 1. The molecule has 4 rings (SSSR count). The Bertz CT molecular complexity index is 1150. The third kappa shape index (κ3) is 4.58. The molecule has 1 aliphatic carbocycles. The number of halogens is 1. The number of aromatic nitrogens is 2. The summed E-state index contributed by atoms with van der Waals surface area (Å²) in [5.41, 5.74) is 2.00. The van der Waals surface area contributed by atoms with Crippen molar-refractivity contribution >= 4 is 50.8 Å². The molecule has 0 saturated carbocycles. The number of H-pyrrole nitrogens is 1. The number of carbonyl (C=O) groups is 1. The maximum atomic E-state index is 12.5. The largest absolute Gasteiger partial charge is 0.355 e. The van der Waals surface area contributed by atoms with Gasteiger partial charge in [0.1, 0.15) is 10.7 Å². The highest BCUT2D eigenvalue weighted by atomic mass is 35.5. The normalized spacial score (nSPS) is 13.6. The van der Waals surface area contributed by atoms with Gasteiger partial charge in [0.2, 0.25) is 5.91 Å². The van der Waals surface area contributed by atoms with Crippen LogP contribution in [0.2, 0.25) is 5.02 Å². The van der Waals surface area contributed by atoms with E-state index in [-0.39, 0.29) is 16.9 Å². The van der Waals surface area contributed by atoms with Crippen molar-refractivity contribution in [1.82, 2.24) is 15.3 Å². The van der Waals surface area contributed by atoms with Crippen LogP contribution in [0.25, 0.3) is 10.2 Å². The number of hydrogen-bond donors (Lipinski definition) is 2. The van der Waals surface area contributed by atoms with Gasteiger partial charge in [-0.15, -0.1) is 23.1 Å². The zero-order chi connectivity index (χ0) is 21.3. The molecule has 2 aromatic heterocycles. The molecule has 0 fully saturated rings. The molecule has 1 aliphatic rings. The number of fused-ring (bicyclic) bond motifs is 3. The number of thiophene rings is 1. The van der Waals surface area contributed by atoms with Gasteiger partial charge in [-0.05, 0) is 42.5 Å². The van der Waals surface area contributed by atoms with Crippen LogP contribution >= 0.6 is 34.7 Å². The molecule has 0 atom stereocenters. The number of aromatic amines is 1. The number of benzene rings is 1. The Kier molecular flexibility index (Phi) is 6.23. The molecule has 0 spiro atoms. The first-order valence-corrected chi connectivity index (χ1v) is 12.3. The summed E-state index contributed by atoms with van der Waals surface area (Å²) in [5.74, 6) is 1.41. The quantitative estimate of drug-likeness (QED) is 0.545. The Labute approximate surface area is 188 Å². The lowest BCUT2D eigenvalue weighted by molar-refractivity contribution is -0.118. The number of aryl methyl sites for hydroxylation is 2. The van der Waals surface area contributed by atoms with E-state index in [1.54, 1.807) is 11.3 Å². The zero-order valence-electron chi connectivity index (χ0n) is 17.0. The highest BCUT2D eigenvalue weighted by molar-refractivity contribution is 7.99. The van der Waals surface area contributed by atoms with Crippen molar-refractivity contribution in [3.8, 4) is 0 Å². The van der Waals surface area contributed by atoms with Crippen LogP contribution in [0.1, 0.15) is 42.1 Å². The number of hydrogen-bond acceptors (Lipinski definition) is 5. The molecule has 1 aromatic carbocycles. The summed E-state index contributed by atoms with van der Waals surface area (Å²) in [7, 11) is 0. The summed E-state index contributed by atoms with van der Waals surface area (Å²) < 4.78 is 0. The first kappa shape index (κ1) is 21.4. The molecule has 2 heterocycles. The minimum Gasteiger partial charge on any atom is -0.355 e. The maximum absolute atomic E-state index is 12.5. The Morgan fingerprint density at radius 3 is 3.00 bits per heavy atom. The molecule has 5 nitrogen and oxygen atoms in total. The predicted octanol–water partition coefficient (Wildman–Crippen LogP) is 4.45. The van der Waals surface area contributed by atoms with Gasteiger partial charge in [0.15, 0.2) is 0 Å². The lowest BCUT2D eigenvalue weighted by atomic mass is 9.84. The lowest BCUT2D eigenvalue weighted by Gasteiger charge is -2.25. The van der Waals surface area contributed by atoms with Gasteiger partial charge in [-0.3, -0.25) is 9.59 Å². The number of thioether (sulfide) groups is 1. The Morgan fingerprint density at radius 2 is 2.20 bits per heavy atom. The van der Waals surface area contributed by atoms with Crippen LogP contribution in [-0.4, -0.2) is 28.2 Å². The standard InChI is InChI=1S/C22H24ClN3O2S2/c1-22(2,13-5-3-6-14(23)9-13)12-24-18(27)11-29-10-17-25-20(28)19-15-7-4-8-16(15)30-21(19)26-17/h3,5-6,9H,4,7-8,10-12H2,1-2H3,(H,24,27)(H,25,26,28). The molecule has 1 amide bonds. The maximum Gasteiger partial charge on any atom is 0.259 e. The van der Waals surface area contributed by atoms with Crippen LogP contribution < -0.4 is 10.9 Å². The molecular weight excluding hydrogens is 438 g/mol. The Hall–Kier alpha value is -1.83. The molecule has 30 heavy (non-hydrogen) atoms. The minimum absolute atomic E-state index is 0.0337. The van der Waals surface area contributed by atoms with E-state index >= 15 is 0 Å². The zero-order valence-corrected chi connectivity index (χ0v) is 19.4. The van der Waals surface area contributed by atoms with Crippen LogP contribution in [0, 0.1) is 0 Å². The van der Waals surface area contributed by atoms with Gasteiger partial charge in [-0.2, -0.15) is 0 Å². The highest BCUT2D eigenvalue weighted by Crippen LogP contribution is 2.34. The predicted molar refractivity (Wildman–Crippen MR) is 126 cm³/mol. The van der Waals surface area contributed by atoms with Crippen molar-refractivity contribution in [2.45, 2.75) is 44.3 Å². The molecular formula is C22H24ClN3O2S2. The van der Waals surface area contributed by atoms with E-state index in [2.05, 4.69) is 29.1 Å². The van der Waals surface area contributed by atoms with E-state index in [0.29, 0.717) is 28.9 Å². The van der Waals surface area contributed by atoms with Crippen LogP contribution in [0.3, 0.4) is 0 Å². The fourth-order valence-electron chi connectivity index (χ4n) is 3.74. The Morgan fingerprint density at radius 1 is 1.37 bits per heavy atom. The monoisotopic (exact) mass is 461 g/mol. The molecule has 158 valence electrons. The summed E-state index contributed by atoms with van der Waals surface area (Å²) in [6.07, 6.45) is 3.14. The summed E-state index contributed by atoms with van der Waals surface area (Å²) in [5, 5.41) is 4.46. The molecule has 8 heteroatoms. The molecule has 0 unspecified atom stereocenters. The van der Waals surface area contributed by atoms with Crippen molar-refractivity contribution in [3.63, 3.8) is 0 Å². The molecule has 0 bridgehead atoms. The van der Waals surface area contributed by atoms with E-state index < -0.39 is 0 Å². The average molecular weight is 462 g/mol. The third-order valence-electron chi connectivity index (χ3n) is 5.43. The van der Waals surface area contributed by atoms with Gasteiger partial charge in [0, 0.05) is 21.9 Å². The number of rotatable bonds is 7. The summed E-state index contributed by atoms with van der Waals surface area (Å²) in [6, 6.07) is 7.71.